The minimum Gasteiger partial charge on any atom is -0.394 e. The van der Waals surface area contributed by atoms with Crippen LogP contribution in [0.3, 0.4) is 0 Å². The molecule has 92 valence electrons. The molecule has 1 saturated heterocycles. The molecule has 0 saturated carbocycles. The lowest BCUT2D eigenvalue weighted by molar-refractivity contribution is -0.0132. The van der Waals surface area contributed by atoms with E-state index in [9.17, 15) is 10.2 Å². The Morgan fingerprint density at radius 3 is 2.88 bits per heavy atom. The number of rotatable bonds is 2. The van der Waals surface area contributed by atoms with Crippen LogP contribution in [0.1, 0.15) is 0 Å². The number of nitrogens with zero attached hydrogens (tertiary/aromatic N) is 2. The minimum atomic E-state index is -1.11. The monoisotopic (exact) mass is 238 g/mol. The van der Waals surface area contributed by atoms with E-state index < -0.39 is 24.4 Å². The van der Waals surface area contributed by atoms with E-state index in [4.69, 9.17) is 16.3 Å². The molecule has 4 atom stereocenters. The first kappa shape index (κ1) is 12.1. The first-order chi connectivity index (χ1) is 8.17. The third kappa shape index (κ3) is 2.18. The van der Waals surface area contributed by atoms with Gasteiger partial charge in [-0.25, -0.2) is 0 Å². The van der Waals surface area contributed by atoms with E-state index in [1.165, 1.54) is 4.90 Å². The standard InChI is InChI=1S/C11H14N2O4/c1-2-13-4-7(3-12-6-13)11-10(16)9(15)8(5-14)17-11/h1,3-4,8-11,14-16H,5-6H2/t8-,9-,10-,11+/m1/s1. The molecule has 0 aromatic rings. The number of aliphatic hydroxyl groups is 3. The van der Waals surface area contributed by atoms with Crippen molar-refractivity contribution >= 4 is 6.21 Å². The van der Waals surface area contributed by atoms with E-state index in [-0.39, 0.29) is 6.61 Å². The van der Waals surface area contributed by atoms with Crippen molar-refractivity contribution in [3.05, 3.63) is 11.8 Å². The topological polar surface area (TPSA) is 85.5 Å². The summed E-state index contributed by atoms with van der Waals surface area (Å²) in [7, 11) is 0. The van der Waals surface area contributed by atoms with Crippen LogP contribution in [-0.2, 0) is 4.74 Å². The molecule has 3 N–H and O–H groups in total. The zero-order valence-corrected chi connectivity index (χ0v) is 9.10. The lowest BCUT2D eigenvalue weighted by Gasteiger charge is -2.21. The smallest absolute Gasteiger partial charge is 0.121 e. The number of terminal acetylenes is 1. The molecule has 0 unspecified atom stereocenters. The van der Waals surface area contributed by atoms with Crippen molar-refractivity contribution in [1.29, 1.82) is 0 Å². The molecule has 2 aliphatic heterocycles. The second kappa shape index (κ2) is 4.85. The second-order valence-corrected chi connectivity index (χ2v) is 3.94. The van der Waals surface area contributed by atoms with Crippen molar-refractivity contribution in [3.8, 4) is 12.5 Å². The maximum absolute atomic E-state index is 9.81. The molecule has 0 spiro atoms. The van der Waals surface area contributed by atoms with E-state index >= 15 is 0 Å². The van der Waals surface area contributed by atoms with Gasteiger partial charge in [0.15, 0.2) is 0 Å². The molecule has 0 aromatic carbocycles. The first-order valence-electron chi connectivity index (χ1n) is 5.24. The average Bonchev–Trinajstić information content (AvgIpc) is 2.66. The van der Waals surface area contributed by atoms with Crippen molar-refractivity contribution < 1.29 is 20.1 Å². The molecule has 1 fully saturated rings. The summed E-state index contributed by atoms with van der Waals surface area (Å²) in [5.74, 6) is 0. The Labute approximate surface area is 98.8 Å². The number of aliphatic hydroxyl groups excluding tert-OH is 3. The lowest BCUT2D eigenvalue weighted by Crippen LogP contribution is -2.35. The van der Waals surface area contributed by atoms with E-state index in [2.05, 4.69) is 11.0 Å². The highest BCUT2D eigenvalue weighted by Gasteiger charge is 2.43. The fraction of sp³-hybridized carbons (Fsp3) is 0.545. The summed E-state index contributed by atoms with van der Waals surface area (Å²) in [5, 5.41) is 28.4. The van der Waals surface area contributed by atoms with Gasteiger partial charge in [-0.05, 0) is 0 Å². The fourth-order valence-electron chi connectivity index (χ4n) is 1.89. The van der Waals surface area contributed by atoms with Gasteiger partial charge in [0.25, 0.3) is 0 Å². The Kier molecular flexibility index (Phi) is 3.45. The van der Waals surface area contributed by atoms with E-state index in [0.29, 0.717) is 12.2 Å². The van der Waals surface area contributed by atoms with Gasteiger partial charge >= 0.3 is 0 Å². The molecule has 2 aliphatic rings. The number of hydrogen-bond acceptors (Lipinski definition) is 6. The zero-order valence-electron chi connectivity index (χ0n) is 9.10. The average molecular weight is 238 g/mol. The van der Waals surface area contributed by atoms with Gasteiger partial charge in [0.1, 0.15) is 31.1 Å². The Morgan fingerprint density at radius 1 is 1.53 bits per heavy atom. The summed E-state index contributed by atoms with van der Waals surface area (Å²) in [6.45, 7) is 0.00675. The Balaban J connectivity index is 2.16. The molecule has 0 radical (unpaired) electrons. The van der Waals surface area contributed by atoms with Gasteiger partial charge in [-0.3, -0.25) is 9.89 Å². The summed E-state index contributed by atoms with van der Waals surface area (Å²) in [4.78, 5) is 5.52. The van der Waals surface area contributed by atoms with Gasteiger partial charge < -0.3 is 20.1 Å². The van der Waals surface area contributed by atoms with E-state index in [1.54, 1.807) is 12.4 Å². The first-order valence-corrected chi connectivity index (χ1v) is 5.24. The summed E-state index contributed by atoms with van der Waals surface area (Å²) >= 11 is 0. The van der Waals surface area contributed by atoms with Crippen molar-refractivity contribution in [2.75, 3.05) is 13.3 Å². The molecule has 0 amide bonds. The number of aliphatic imine (C=N–C) groups is 1. The van der Waals surface area contributed by atoms with Crippen LogP contribution in [0.15, 0.2) is 16.8 Å². The lowest BCUT2D eigenvalue weighted by atomic mass is 10.0. The van der Waals surface area contributed by atoms with Gasteiger partial charge in [-0.2, -0.15) is 0 Å². The predicted molar refractivity (Wildman–Crippen MR) is 59.9 cm³/mol. The van der Waals surface area contributed by atoms with Crippen molar-refractivity contribution in [2.24, 2.45) is 4.99 Å². The normalized spacial score (nSPS) is 36.8. The summed E-state index contributed by atoms with van der Waals surface area (Å²) in [6, 6.07) is 2.40. The van der Waals surface area contributed by atoms with Crippen LogP contribution in [0.5, 0.6) is 0 Å². The quantitative estimate of drug-likeness (QED) is 0.499. The molecule has 6 heteroatoms. The SMILES string of the molecule is C#CN1C=C([C@@H]2O[C@H](CO)[C@@H](O)[C@H]2O)C=NC1. The van der Waals surface area contributed by atoms with Crippen LogP contribution in [0.4, 0.5) is 0 Å². The summed E-state index contributed by atoms with van der Waals surface area (Å²) < 4.78 is 5.36. The molecular formula is C11H14N2O4. The number of ether oxygens (including phenoxy) is 1. The third-order valence-electron chi connectivity index (χ3n) is 2.82. The Morgan fingerprint density at radius 2 is 2.29 bits per heavy atom. The van der Waals surface area contributed by atoms with E-state index in [0.717, 1.165) is 0 Å². The maximum Gasteiger partial charge on any atom is 0.121 e. The number of hydrogen-bond donors (Lipinski definition) is 3. The van der Waals surface area contributed by atoms with Gasteiger partial charge in [0.2, 0.25) is 0 Å². The highest BCUT2D eigenvalue weighted by atomic mass is 16.6. The van der Waals surface area contributed by atoms with E-state index in [1.807, 2.05) is 0 Å². The predicted octanol–water partition coefficient (Wildman–Crippen LogP) is -1.71. The molecule has 6 nitrogen and oxygen atoms in total. The van der Waals surface area contributed by atoms with Gasteiger partial charge in [-0.1, -0.05) is 6.42 Å². The highest BCUT2D eigenvalue weighted by molar-refractivity contribution is 5.81. The second-order valence-electron chi connectivity index (χ2n) is 3.94. The van der Waals surface area contributed by atoms with Gasteiger partial charge in [0, 0.05) is 24.0 Å². The zero-order chi connectivity index (χ0) is 12.4. The molecule has 2 rings (SSSR count). The molecule has 0 bridgehead atoms. The van der Waals surface area contributed by atoms with Crippen molar-refractivity contribution in [2.45, 2.75) is 24.4 Å². The molecule has 17 heavy (non-hydrogen) atoms. The third-order valence-corrected chi connectivity index (χ3v) is 2.82. The summed E-state index contributed by atoms with van der Waals surface area (Å²) in [5.41, 5.74) is 0.580. The fourth-order valence-corrected chi connectivity index (χ4v) is 1.89. The summed E-state index contributed by atoms with van der Waals surface area (Å²) in [6.07, 6.45) is 4.71. The van der Waals surface area contributed by atoms with Gasteiger partial charge in [-0.15, -0.1) is 0 Å². The van der Waals surface area contributed by atoms with Crippen LogP contribution < -0.4 is 0 Å². The van der Waals surface area contributed by atoms with Crippen molar-refractivity contribution in [1.82, 2.24) is 4.90 Å². The molecular weight excluding hydrogens is 224 g/mol. The minimum absolute atomic E-state index is 0.349. The largest absolute Gasteiger partial charge is 0.394 e. The molecule has 0 aromatic heterocycles. The molecule has 0 aliphatic carbocycles. The van der Waals surface area contributed by atoms with Gasteiger partial charge in [0.05, 0.1) is 6.61 Å². The van der Waals surface area contributed by atoms with Crippen LogP contribution >= 0.6 is 0 Å². The van der Waals surface area contributed by atoms with Crippen molar-refractivity contribution in [3.63, 3.8) is 0 Å². The molecule has 2 heterocycles. The van der Waals surface area contributed by atoms with Crippen LogP contribution in [-0.4, -0.2) is 64.1 Å². The van der Waals surface area contributed by atoms with Crippen LogP contribution in [0.25, 0.3) is 0 Å². The Bertz CT molecular complexity index is 387. The highest BCUT2D eigenvalue weighted by Crippen LogP contribution is 2.26. The van der Waals surface area contributed by atoms with Crippen LogP contribution in [0.2, 0.25) is 0 Å². The van der Waals surface area contributed by atoms with Crippen LogP contribution in [0, 0.1) is 12.5 Å². The maximum atomic E-state index is 9.81. The Hall–Kier alpha value is -1.39.